The minimum Gasteiger partial charge on any atom is -0.497 e. The average molecular weight is 527 g/mol. The number of amides is 1. The summed E-state index contributed by atoms with van der Waals surface area (Å²) in [7, 11) is 7.13. The van der Waals surface area contributed by atoms with E-state index < -0.39 is 0 Å². The maximum absolute atomic E-state index is 12.1. The molecule has 0 unspecified atom stereocenters. The van der Waals surface area contributed by atoms with Crippen molar-refractivity contribution < 1.29 is 14.3 Å². The van der Waals surface area contributed by atoms with Crippen LogP contribution in [-0.2, 0) is 18.4 Å². The predicted octanol–water partition coefficient (Wildman–Crippen LogP) is 4.18. The Bertz CT molecular complexity index is 1510. The summed E-state index contributed by atoms with van der Waals surface area (Å²) in [6.45, 7) is 4.78. The Labute approximate surface area is 226 Å². The van der Waals surface area contributed by atoms with Crippen LogP contribution in [0.15, 0.2) is 67.6 Å². The number of fused-ring (bicyclic) bond motifs is 1. The van der Waals surface area contributed by atoms with Crippen molar-refractivity contribution in [2.45, 2.75) is 6.54 Å². The van der Waals surface area contributed by atoms with E-state index in [4.69, 9.17) is 14.5 Å². The van der Waals surface area contributed by atoms with Crippen LogP contribution in [0, 0.1) is 0 Å². The normalized spacial score (nSPS) is 12.5. The molecule has 3 heterocycles. The van der Waals surface area contributed by atoms with Crippen LogP contribution >= 0.6 is 0 Å². The summed E-state index contributed by atoms with van der Waals surface area (Å²) in [5.41, 5.74) is 5.06. The fourth-order valence-electron chi connectivity index (χ4n) is 4.44. The van der Waals surface area contributed by atoms with E-state index in [9.17, 15) is 4.79 Å². The first kappa shape index (κ1) is 25.6. The van der Waals surface area contributed by atoms with Crippen LogP contribution in [0.2, 0.25) is 0 Å². The number of anilines is 5. The molecule has 0 saturated heterocycles. The Morgan fingerprint density at radius 2 is 1.79 bits per heavy atom. The number of hydrogen-bond donors (Lipinski definition) is 2. The van der Waals surface area contributed by atoms with Gasteiger partial charge in [-0.3, -0.25) is 9.48 Å². The van der Waals surface area contributed by atoms with Gasteiger partial charge in [-0.25, -0.2) is 4.98 Å². The molecule has 0 spiro atoms. The van der Waals surface area contributed by atoms with E-state index in [2.05, 4.69) is 37.1 Å². The molecule has 11 heteroatoms. The van der Waals surface area contributed by atoms with Crippen LogP contribution < -0.4 is 29.9 Å². The third kappa shape index (κ3) is 5.47. The van der Waals surface area contributed by atoms with E-state index in [0.717, 1.165) is 39.7 Å². The third-order valence-corrected chi connectivity index (χ3v) is 6.40. The van der Waals surface area contributed by atoms with Crippen molar-refractivity contribution in [3.63, 3.8) is 0 Å². The number of nitrogens with zero attached hydrogens (tertiary/aromatic N) is 6. The van der Waals surface area contributed by atoms with Gasteiger partial charge in [-0.2, -0.15) is 10.1 Å². The molecule has 1 aliphatic rings. The smallest absolute Gasteiger partial charge is 0.247 e. The number of hydrogen-bond acceptors (Lipinski definition) is 9. The van der Waals surface area contributed by atoms with Crippen molar-refractivity contribution in [1.29, 1.82) is 0 Å². The molecular formula is C28H30N8O3. The lowest BCUT2D eigenvalue weighted by Crippen LogP contribution is -2.41. The summed E-state index contributed by atoms with van der Waals surface area (Å²) >= 11 is 0. The number of carbonyl (C=O) groups is 1. The van der Waals surface area contributed by atoms with Gasteiger partial charge < -0.3 is 29.9 Å². The Hall–Kier alpha value is -5.06. The van der Waals surface area contributed by atoms with E-state index in [1.165, 1.54) is 6.08 Å². The molecule has 0 saturated carbocycles. The number of rotatable bonds is 8. The Kier molecular flexibility index (Phi) is 7.04. The van der Waals surface area contributed by atoms with Crippen LogP contribution in [0.5, 0.6) is 11.5 Å². The highest BCUT2D eigenvalue weighted by Gasteiger charge is 2.24. The monoisotopic (exact) mass is 526 g/mol. The second kappa shape index (κ2) is 10.7. The molecule has 200 valence electrons. The molecule has 4 aromatic rings. The van der Waals surface area contributed by atoms with Gasteiger partial charge in [0.05, 0.1) is 38.5 Å². The molecule has 0 bridgehead atoms. The number of aryl methyl sites for hydroxylation is 1. The summed E-state index contributed by atoms with van der Waals surface area (Å²) in [6.07, 6.45) is 6.76. The molecule has 2 aromatic carbocycles. The van der Waals surface area contributed by atoms with Crippen LogP contribution in [-0.4, -0.2) is 53.6 Å². The number of aromatic nitrogens is 4. The zero-order chi connectivity index (χ0) is 27.5. The topological polar surface area (TPSA) is 110 Å². The first-order chi connectivity index (χ1) is 18.9. The highest BCUT2D eigenvalue weighted by atomic mass is 16.5. The summed E-state index contributed by atoms with van der Waals surface area (Å²) in [5.74, 6) is 2.36. The largest absolute Gasteiger partial charge is 0.497 e. The zero-order valence-corrected chi connectivity index (χ0v) is 22.3. The maximum Gasteiger partial charge on any atom is 0.247 e. The lowest BCUT2D eigenvalue weighted by Gasteiger charge is -2.36. The molecule has 0 fully saturated rings. The van der Waals surface area contributed by atoms with Gasteiger partial charge in [0, 0.05) is 68.0 Å². The predicted molar refractivity (Wildman–Crippen MR) is 152 cm³/mol. The number of carbonyl (C=O) groups excluding carboxylic acids is 1. The highest BCUT2D eigenvalue weighted by molar-refractivity contribution is 6.01. The van der Waals surface area contributed by atoms with Gasteiger partial charge in [0.15, 0.2) is 0 Å². The fraction of sp³-hybridized carbons (Fsp3) is 0.214. The van der Waals surface area contributed by atoms with Crippen molar-refractivity contribution in [3.05, 3.63) is 73.2 Å². The highest BCUT2D eigenvalue weighted by Crippen LogP contribution is 2.35. The molecule has 1 amide bonds. The molecule has 5 rings (SSSR count). The van der Waals surface area contributed by atoms with Gasteiger partial charge in [-0.15, -0.1) is 0 Å². The summed E-state index contributed by atoms with van der Waals surface area (Å²) in [6, 6.07) is 11.5. The second-order valence-electron chi connectivity index (χ2n) is 9.13. The van der Waals surface area contributed by atoms with Crippen LogP contribution in [0.3, 0.4) is 0 Å². The van der Waals surface area contributed by atoms with Gasteiger partial charge in [0.1, 0.15) is 17.3 Å². The van der Waals surface area contributed by atoms with Crippen molar-refractivity contribution in [1.82, 2.24) is 19.7 Å². The first-order valence-electron chi connectivity index (χ1n) is 12.3. The van der Waals surface area contributed by atoms with E-state index >= 15 is 0 Å². The molecular weight excluding hydrogens is 496 g/mol. The van der Waals surface area contributed by atoms with Crippen LogP contribution in [0.1, 0.15) is 5.56 Å². The summed E-state index contributed by atoms with van der Waals surface area (Å²) < 4.78 is 12.6. The lowest BCUT2D eigenvalue weighted by molar-refractivity contribution is -0.111. The molecule has 2 N–H and O–H groups in total. The molecule has 39 heavy (non-hydrogen) atoms. The Morgan fingerprint density at radius 1 is 1.03 bits per heavy atom. The van der Waals surface area contributed by atoms with E-state index in [1.807, 2.05) is 62.9 Å². The zero-order valence-electron chi connectivity index (χ0n) is 22.3. The van der Waals surface area contributed by atoms with Crippen molar-refractivity contribution >= 4 is 34.7 Å². The molecule has 2 aromatic heterocycles. The average Bonchev–Trinajstić information content (AvgIpc) is 3.39. The maximum atomic E-state index is 12.1. The van der Waals surface area contributed by atoms with Gasteiger partial charge in [-0.05, 0) is 23.8 Å². The van der Waals surface area contributed by atoms with Crippen molar-refractivity contribution in [2.75, 3.05) is 48.4 Å². The second-order valence-corrected chi connectivity index (χ2v) is 9.13. The molecule has 0 radical (unpaired) electrons. The quantitative estimate of drug-likeness (QED) is 0.327. The first-order valence-corrected chi connectivity index (χ1v) is 12.3. The third-order valence-electron chi connectivity index (χ3n) is 6.40. The summed E-state index contributed by atoms with van der Waals surface area (Å²) in [4.78, 5) is 25.7. The fourth-order valence-corrected chi connectivity index (χ4v) is 4.44. The number of nitrogens with one attached hydrogen (secondary N) is 2. The van der Waals surface area contributed by atoms with E-state index in [0.29, 0.717) is 30.5 Å². The molecule has 0 aliphatic carbocycles. The van der Waals surface area contributed by atoms with E-state index in [1.54, 1.807) is 25.1 Å². The SMILES string of the molecule is C=CC(=O)Nc1ccc(-c2cnn(C)c2)cc1Nc1ncc2c(n1)N(C)CN(c1cc(OC)cc(OC)c1)C2. The van der Waals surface area contributed by atoms with Crippen molar-refractivity contribution in [3.8, 4) is 22.6 Å². The standard InChI is InChI=1S/C28H30N8O3/c1-6-26(37)31-24-8-7-18(19-14-30-35(3)15-19)9-25(24)32-28-29-13-20-16-36(17-34(2)27(20)33-28)21-10-22(38-4)12-23(11-21)39-5/h6-15H,1,16-17H2,2-5H3,(H,31,37)(H,29,32,33). The minimum atomic E-state index is -0.312. The Morgan fingerprint density at radius 3 is 2.46 bits per heavy atom. The molecule has 1 aliphatic heterocycles. The number of methoxy groups -OCH3 is 2. The Balaban J connectivity index is 1.43. The van der Waals surface area contributed by atoms with Crippen LogP contribution in [0.25, 0.3) is 11.1 Å². The lowest BCUT2D eigenvalue weighted by atomic mass is 10.1. The van der Waals surface area contributed by atoms with Crippen molar-refractivity contribution in [2.24, 2.45) is 7.05 Å². The molecule has 11 nitrogen and oxygen atoms in total. The van der Waals surface area contributed by atoms with Gasteiger partial charge in [0.2, 0.25) is 11.9 Å². The number of ether oxygens (including phenoxy) is 2. The van der Waals surface area contributed by atoms with Gasteiger partial charge in [-0.1, -0.05) is 12.6 Å². The van der Waals surface area contributed by atoms with Gasteiger partial charge in [0.25, 0.3) is 0 Å². The van der Waals surface area contributed by atoms with Gasteiger partial charge >= 0.3 is 0 Å². The summed E-state index contributed by atoms with van der Waals surface area (Å²) in [5, 5.41) is 10.4. The number of benzene rings is 2. The molecule has 0 atom stereocenters. The van der Waals surface area contributed by atoms with E-state index in [-0.39, 0.29) is 5.91 Å². The minimum absolute atomic E-state index is 0.312. The van der Waals surface area contributed by atoms with Crippen LogP contribution in [0.4, 0.5) is 28.8 Å².